The summed E-state index contributed by atoms with van der Waals surface area (Å²) in [6.45, 7) is -5.82. The number of likely N-dealkylation sites (N-methyl/N-ethyl adjacent to an activating group) is 1. The molecule has 2 heterocycles. The summed E-state index contributed by atoms with van der Waals surface area (Å²) in [5, 5.41) is 0. The lowest BCUT2D eigenvalue weighted by Crippen LogP contribution is -2.44. The zero-order chi connectivity index (χ0) is 28.1. The SMILES string of the molecule is [2H]C([2H])([2H])N1CCN(C([2H])([2H])C/C=C2/c3ccccc3Sc3ccc(S(=O)(=O)N(C)C([2H])([2H])[2H])cc32)CC1. The maximum absolute atomic E-state index is 13.1. The van der Waals surface area contributed by atoms with Gasteiger partial charge in [0.1, 0.15) is 0 Å². The Labute approximate surface area is 195 Å². The Hall–Kier alpha value is -1.64. The molecule has 0 aliphatic carbocycles. The molecule has 0 N–H and O–H groups in total. The van der Waals surface area contributed by atoms with Crippen LogP contribution in [-0.4, -0.2) is 76.2 Å². The lowest BCUT2D eigenvalue weighted by atomic mass is 9.96. The highest BCUT2D eigenvalue weighted by Gasteiger charge is 2.25. The first-order chi connectivity index (χ1) is 17.5. The van der Waals surface area contributed by atoms with E-state index in [0.29, 0.717) is 15.4 Å². The topological polar surface area (TPSA) is 43.9 Å². The van der Waals surface area contributed by atoms with E-state index in [1.807, 2.05) is 24.3 Å². The fraction of sp³-hybridized carbons (Fsp3) is 0.391. The Kier molecular flexibility index (Phi) is 4.04. The molecule has 2 aromatic rings. The van der Waals surface area contributed by atoms with E-state index in [1.54, 1.807) is 17.0 Å². The molecule has 0 spiro atoms. The number of fused-ring (bicyclic) bond motifs is 2. The van der Waals surface area contributed by atoms with Crippen LogP contribution in [0.15, 0.2) is 63.2 Å². The first-order valence-electron chi connectivity index (χ1n) is 13.6. The molecule has 4 rings (SSSR count). The van der Waals surface area contributed by atoms with Crippen molar-refractivity contribution in [1.82, 2.24) is 14.1 Å². The Morgan fingerprint density at radius 2 is 1.90 bits per heavy atom. The van der Waals surface area contributed by atoms with E-state index < -0.39 is 30.5 Å². The second-order valence-electron chi connectivity index (χ2n) is 7.18. The van der Waals surface area contributed by atoms with Gasteiger partial charge < -0.3 is 9.80 Å². The van der Waals surface area contributed by atoms with Crippen molar-refractivity contribution in [3.63, 3.8) is 0 Å². The van der Waals surface area contributed by atoms with Crippen molar-refractivity contribution in [1.29, 1.82) is 0 Å². The Morgan fingerprint density at radius 3 is 2.67 bits per heavy atom. The normalized spacial score (nSPS) is 24.4. The predicted octanol–water partition coefficient (Wildman–Crippen LogP) is 3.47. The third kappa shape index (κ3) is 4.36. The molecule has 1 fully saturated rings. The summed E-state index contributed by atoms with van der Waals surface area (Å²) < 4.78 is 89.3. The van der Waals surface area contributed by atoms with Crippen molar-refractivity contribution in [2.75, 3.05) is 53.7 Å². The molecule has 0 unspecified atom stereocenters. The molecule has 2 aromatic carbocycles. The van der Waals surface area contributed by atoms with Crippen molar-refractivity contribution in [2.45, 2.75) is 21.1 Å². The highest BCUT2D eigenvalue weighted by Crippen LogP contribution is 2.46. The molecule has 160 valence electrons. The molecule has 0 atom stereocenters. The second kappa shape index (κ2) is 8.85. The quantitative estimate of drug-likeness (QED) is 0.594. The van der Waals surface area contributed by atoms with Gasteiger partial charge in [-0.2, -0.15) is 0 Å². The van der Waals surface area contributed by atoms with Gasteiger partial charge in [0, 0.05) is 67.5 Å². The zero-order valence-corrected chi connectivity index (χ0v) is 18.3. The van der Waals surface area contributed by atoms with Crippen molar-refractivity contribution in [2.24, 2.45) is 0 Å². The van der Waals surface area contributed by atoms with Gasteiger partial charge in [0.05, 0.1) is 4.90 Å². The number of hydrogen-bond acceptors (Lipinski definition) is 5. The number of hydrogen-bond donors (Lipinski definition) is 0. The van der Waals surface area contributed by atoms with Gasteiger partial charge in [-0.3, -0.25) is 0 Å². The molecule has 0 bridgehead atoms. The van der Waals surface area contributed by atoms with Gasteiger partial charge in [-0.1, -0.05) is 36.0 Å². The average Bonchev–Trinajstić information content (AvgIpc) is 2.84. The van der Waals surface area contributed by atoms with Crippen molar-refractivity contribution < 1.29 is 19.4 Å². The van der Waals surface area contributed by atoms with Crippen LogP contribution in [0, 0.1) is 0 Å². The van der Waals surface area contributed by atoms with Crippen molar-refractivity contribution in [3.05, 3.63) is 59.7 Å². The highest BCUT2D eigenvalue weighted by atomic mass is 32.2. The van der Waals surface area contributed by atoms with E-state index in [4.69, 9.17) is 11.0 Å². The summed E-state index contributed by atoms with van der Waals surface area (Å²) in [5.74, 6) is 0. The minimum atomic E-state index is -4.31. The summed E-state index contributed by atoms with van der Waals surface area (Å²) >= 11 is 1.46. The molecule has 0 aromatic heterocycles. The fourth-order valence-electron chi connectivity index (χ4n) is 3.53. The van der Waals surface area contributed by atoms with Gasteiger partial charge in [-0.15, -0.1) is 0 Å². The van der Waals surface area contributed by atoms with E-state index in [9.17, 15) is 8.42 Å². The van der Waals surface area contributed by atoms with Gasteiger partial charge in [0.2, 0.25) is 10.0 Å². The molecule has 2 aliphatic rings. The summed E-state index contributed by atoms with van der Waals surface area (Å²) in [6, 6.07) is 12.0. The fourth-order valence-corrected chi connectivity index (χ4v) is 5.44. The minimum absolute atomic E-state index is 0.0132. The van der Waals surface area contributed by atoms with E-state index in [2.05, 4.69) is 0 Å². The molecule has 0 radical (unpaired) electrons. The number of sulfonamides is 1. The number of rotatable bonds is 5. The summed E-state index contributed by atoms with van der Waals surface area (Å²) in [6.07, 6.45) is 1.73. The first kappa shape index (κ1) is 13.7. The van der Waals surface area contributed by atoms with E-state index in [-0.39, 0.29) is 37.5 Å². The second-order valence-corrected chi connectivity index (χ2v) is 10.2. The maximum atomic E-state index is 13.1. The molecular formula is C23H29N3O2S2. The van der Waals surface area contributed by atoms with Crippen LogP contribution in [0.25, 0.3) is 5.57 Å². The molecule has 30 heavy (non-hydrogen) atoms. The van der Waals surface area contributed by atoms with Crippen LogP contribution in [-0.2, 0) is 10.0 Å². The van der Waals surface area contributed by atoms with Crippen LogP contribution in [0.1, 0.15) is 28.5 Å². The van der Waals surface area contributed by atoms with Gasteiger partial charge in [0.25, 0.3) is 0 Å². The third-order valence-corrected chi connectivity index (χ3v) is 7.92. The Balaban J connectivity index is 1.69. The molecule has 1 saturated heterocycles. The summed E-state index contributed by atoms with van der Waals surface area (Å²) in [5.41, 5.74) is 2.07. The van der Waals surface area contributed by atoms with E-state index in [1.165, 1.54) is 28.8 Å². The van der Waals surface area contributed by atoms with Gasteiger partial charge in [0.15, 0.2) is 0 Å². The van der Waals surface area contributed by atoms with Crippen LogP contribution in [0.3, 0.4) is 0 Å². The summed E-state index contributed by atoms with van der Waals surface area (Å²) in [7, 11) is -3.29. The van der Waals surface area contributed by atoms with Crippen molar-refractivity contribution >= 4 is 27.4 Å². The molecule has 7 heteroatoms. The van der Waals surface area contributed by atoms with Crippen LogP contribution in [0.2, 0.25) is 0 Å². The Bertz CT molecular complexity index is 1330. The molecular weight excluding hydrogens is 414 g/mol. The van der Waals surface area contributed by atoms with Crippen LogP contribution in [0.4, 0.5) is 0 Å². The maximum Gasteiger partial charge on any atom is 0.242 e. The van der Waals surface area contributed by atoms with Gasteiger partial charge in [-0.05, 0) is 54.4 Å². The lowest BCUT2D eigenvalue weighted by Gasteiger charge is -2.32. The van der Waals surface area contributed by atoms with Gasteiger partial charge in [-0.25, -0.2) is 12.7 Å². The molecule has 0 saturated carbocycles. The molecule has 0 amide bonds. The van der Waals surface area contributed by atoms with Gasteiger partial charge >= 0.3 is 0 Å². The monoisotopic (exact) mass is 451 g/mol. The van der Waals surface area contributed by atoms with Crippen LogP contribution < -0.4 is 0 Å². The minimum Gasteiger partial charge on any atom is -0.304 e. The largest absolute Gasteiger partial charge is 0.304 e. The number of benzene rings is 2. The van der Waals surface area contributed by atoms with Crippen molar-refractivity contribution in [3.8, 4) is 0 Å². The standard InChI is InChI=1S/C23H29N3O2S2/c1-24(2)30(27,28)18-10-11-23-21(17-18)19(20-7-4-5-9-22(20)29-23)8-6-12-26-15-13-25(3)14-16-26/h4-5,7-11,17H,6,12-16H2,1-3H3/b19-8-/i1D3,3D3,12D2. The third-order valence-electron chi connectivity index (χ3n) is 5.20. The predicted molar refractivity (Wildman–Crippen MR) is 124 cm³/mol. The number of nitrogens with zero attached hydrogens (tertiary/aromatic N) is 3. The van der Waals surface area contributed by atoms with Crippen LogP contribution >= 0.6 is 11.8 Å². The zero-order valence-electron chi connectivity index (χ0n) is 24.6. The Morgan fingerprint density at radius 1 is 1.13 bits per heavy atom. The average molecular weight is 452 g/mol. The smallest absolute Gasteiger partial charge is 0.242 e. The molecule has 5 nitrogen and oxygen atoms in total. The van der Waals surface area contributed by atoms with E-state index in [0.717, 1.165) is 22.4 Å². The lowest BCUT2D eigenvalue weighted by molar-refractivity contribution is 0.156. The molecule has 2 aliphatic heterocycles. The first-order valence-corrected chi connectivity index (χ1v) is 11.9. The number of piperazine rings is 1. The highest BCUT2D eigenvalue weighted by molar-refractivity contribution is 7.99. The summed E-state index contributed by atoms with van der Waals surface area (Å²) in [4.78, 5) is 4.54. The van der Waals surface area contributed by atoms with Crippen LogP contribution in [0.5, 0.6) is 0 Å². The van der Waals surface area contributed by atoms with E-state index >= 15 is 0 Å².